The van der Waals surface area contributed by atoms with Crippen LogP contribution in [-0.2, 0) is 20.9 Å². The number of hydrogen-bond acceptors (Lipinski definition) is 5. The molecule has 0 aromatic heterocycles. The van der Waals surface area contributed by atoms with Gasteiger partial charge in [-0.15, -0.1) is 4.72 Å². The summed E-state index contributed by atoms with van der Waals surface area (Å²) >= 11 is -1.56. The van der Waals surface area contributed by atoms with E-state index in [1.54, 1.807) is 40.7 Å². The second-order valence-corrected chi connectivity index (χ2v) is 10.7. The van der Waals surface area contributed by atoms with E-state index in [1.165, 1.54) is 0 Å². The number of benzene rings is 2. The molecule has 0 bridgehead atoms. The molecule has 2 rings (SSSR count). The lowest BCUT2D eigenvalue weighted by molar-refractivity contribution is -0.143. The van der Waals surface area contributed by atoms with Gasteiger partial charge in [-0.05, 0) is 71.2 Å². The van der Waals surface area contributed by atoms with Gasteiger partial charge >= 0.3 is 5.97 Å². The molecule has 2 atom stereocenters. The van der Waals surface area contributed by atoms with E-state index in [0.29, 0.717) is 5.56 Å². The van der Waals surface area contributed by atoms with E-state index in [9.17, 15) is 14.6 Å². The number of aryl methyl sites for hydroxylation is 1. The van der Waals surface area contributed by atoms with Gasteiger partial charge in [0.25, 0.3) is 0 Å². The Bertz CT molecular complexity index is 1040. The smallest absolute Gasteiger partial charge is 0.307 e. The molecule has 0 heterocycles. The molecule has 0 spiro atoms. The van der Waals surface area contributed by atoms with Gasteiger partial charge in [-0.25, -0.2) is 4.39 Å². The Labute approximate surface area is 193 Å². The summed E-state index contributed by atoms with van der Waals surface area (Å²) in [5.74, 6) is -1.12. The summed E-state index contributed by atoms with van der Waals surface area (Å²) in [6.07, 6.45) is -0.190. The molecule has 0 radical (unpaired) electrons. The second kappa shape index (κ2) is 10.5. The molecule has 7 heteroatoms. The summed E-state index contributed by atoms with van der Waals surface area (Å²) in [4.78, 5) is 12.3. The van der Waals surface area contributed by atoms with Crippen molar-refractivity contribution in [2.45, 2.75) is 65.7 Å². The number of esters is 1. The van der Waals surface area contributed by atoms with E-state index < -0.39 is 33.9 Å². The number of rotatable bonds is 7. The fourth-order valence-corrected chi connectivity index (χ4v) is 4.20. The van der Waals surface area contributed by atoms with Crippen molar-refractivity contribution in [3.63, 3.8) is 0 Å². The number of carbonyl (C=O) groups excluding carboxylic acids is 1. The van der Waals surface area contributed by atoms with Crippen LogP contribution in [-0.4, -0.2) is 21.9 Å². The molecule has 0 saturated heterocycles. The molecule has 5 nitrogen and oxygen atoms in total. The highest BCUT2D eigenvalue weighted by Crippen LogP contribution is 2.36. The standard InChI is InChI=1S/C25H31FN2O3S/c1-8-31-23(29)13-22(28-32(30)25(5,6)7)20-12-19(21(14-27)17(4)24(20)26)18-11-9-10-15(2)16(18)3/h9-12,22,28H,8,13H2,1-7H3. The molecule has 0 saturated carbocycles. The topological polar surface area (TPSA) is 85.2 Å². The van der Waals surface area contributed by atoms with E-state index in [1.807, 2.05) is 32.0 Å². The highest BCUT2D eigenvalue weighted by molar-refractivity contribution is 7.90. The zero-order valence-corrected chi connectivity index (χ0v) is 20.6. The molecule has 2 aromatic rings. The van der Waals surface area contributed by atoms with Gasteiger partial charge in [0.2, 0.25) is 0 Å². The lowest BCUT2D eigenvalue weighted by Gasteiger charge is -2.28. The highest BCUT2D eigenvalue weighted by atomic mass is 32.2. The molecule has 32 heavy (non-hydrogen) atoms. The van der Waals surface area contributed by atoms with Crippen molar-refractivity contribution in [2.24, 2.45) is 0 Å². The molecule has 2 unspecified atom stereocenters. The van der Waals surface area contributed by atoms with E-state index in [4.69, 9.17) is 4.74 Å². The maximum absolute atomic E-state index is 15.5. The molecule has 1 N–H and O–H groups in total. The predicted molar refractivity (Wildman–Crippen MR) is 126 cm³/mol. The van der Waals surface area contributed by atoms with Gasteiger partial charge in [0.05, 0.1) is 24.6 Å². The van der Waals surface area contributed by atoms with Gasteiger partial charge in [-0.1, -0.05) is 18.2 Å². The molecule has 0 fully saturated rings. The molecular formula is C25H31FN2O3S. The van der Waals surface area contributed by atoms with E-state index in [0.717, 1.165) is 16.7 Å². The maximum atomic E-state index is 15.5. The maximum Gasteiger partial charge on any atom is 0.307 e. The van der Waals surface area contributed by atoms with E-state index >= 15 is 4.39 Å². The Morgan fingerprint density at radius 3 is 2.47 bits per heavy atom. The Morgan fingerprint density at radius 2 is 1.91 bits per heavy atom. The van der Waals surface area contributed by atoms with Crippen LogP contribution in [0.3, 0.4) is 0 Å². The molecular weight excluding hydrogens is 427 g/mol. The summed E-state index contributed by atoms with van der Waals surface area (Å²) in [5, 5.41) is 9.79. The highest BCUT2D eigenvalue weighted by Gasteiger charge is 2.33. The van der Waals surface area contributed by atoms with Crippen LogP contribution < -0.4 is 4.72 Å². The van der Waals surface area contributed by atoms with Crippen molar-refractivity contribution in [2.75, 3.05) is 6.61 Å². The number of halogens is 1. The van der Waals surface area contributed by atoms with Gasteiger partial charge in [0.15, 0.2) is 0 Å². The predicted octanol–water partition coefficient (Wildman–Crippen LogP) is 5.34. The number of hydrogen-bond donors (Lipinski definition) is 1. The van der Waals surface area contributed by atoms with Crippen molar-refractivity contribution in [3.05, 3.63) is 57.9 Å². The Balaban J connectivity index is 2.72. The average molecular weight is 459 g/mol. The minimum absolute atomic E-state index is 0.183. The summed E-state index contributed by atoms with van der Waals surface area (Å²) in [6, 6.07) is 8.59. The summed E-state index contributed by atoms with van der Waals surface area (Å²) in [6.45, 7) is 12.7. The molecule has 0 aliphatic carbocycles. The summed E-state index contributed by atoms with van der Waals surface area (Å²) in [7, 11) is 0. The first kappa shape index (κ1) is 25.9. The zero-order valence-electron chi connectivity index (χ0n) is 19.8. The molecule has 0 aliphatic heterocycles. The third-order valence-electron chi connectivity index (χ3n) is 5.39. The van der Waals surface area contributed by atoms with E-state index in [-0.39, 0.29) is 29.7 Å². The Kier molecular flexibility index (Phi) is 8.47. The van der Waals surface area contributed by atoms with Crippen molar-refractivity contribution in [1.82, 2.24) is 4.72 Å². The third kappa shape index (κ3) is 5.69. The summed E-state index contributed by atoms with van der Waals surface area (Å²) in [5.41, 5.74) is 4.05. The van der Waals surface area contributed by atoms with Crippen LogP contribution in [0.1, 0.15) is 68.0 Å². The van der Waals surface area contributed by atoms with Crippen LogP contribution in [0.4, 0.5) is 4.39 Å². The van der Waals surface area contributed by atoms with Crippen LogP contribution in [0, 0.1) is 37.9 Å². The van der Waals surface area contributed by atoms with Gasteiger partial charge in [-0.2, -0.15) is 5.26 Å². The fourth-order valence-electron chi connectivity index (χ4n) is 3.38. The van der Waals surface area contributed by atoms with Gasteiger partial charge in [0, 0.05) is 28.1 Å². The molecule has 2 aromatic carbocycles. The van der Waals surface area contributed by atoms with E-state index in [2.05, 4.69) is 10.8 Å². The number of carbonyl (C=O) groups is 1. The first-order valence-electron chi connectivity index (χ1n) is 10.6. The Morgan fingerprint density at radius 1 is 1.25 bits per heavy atom. The SMILES string of the molecule is CCOC(=O)CC(N[S+]([O-])C(C)(C)C)c1cc(-c2cccc(C)c2C)c(C#N)c(C)c1F. The van der Waals surface area contributed by atoms with Crippen molar-refractivity contribution < 1.29 is 18.5 Å². The first-order valence-corrected chi connectivity index (χ1v) is 11.7. The van der Waals surface area contributed by atoms with Crippen molar-refractivity contribution >= 4 is 17.3 Å². The van der Waals surface area contributed by atoms with Crippen molar-refractivity contribution in [3.8, 4) is 17.2 Å². The Hall–Kier alpha value is -2.40. The zero-order chi connectivity index (χ0) is 24.2. The van der Waals surface area contributed by atoms with Crippen LogP contribution >= 0.6 is 0 Å². The van der Waals surface area contributed by atoms with Crippen LogP contribution in [0.15, 0.2) is 24.3 Å². The lowest BCUT2D eigenvalue weighted by Crippen LogP contribution is -2.42. The number of nitriles is 1. The van der Waals surface area contributed by atoms with Gasteiger partial charge in [-0.3, -0.25) is 4.79 Å². The molecule has 0 aliphatic rings. The van der Waals surface area contributed by atoms with Gasteiger partial charge in [0.1, 0.15) is 16.6 Å². The number of nitrogens with zero attached hydrogens (tertiary/aromatic N) is 1. The third-order valence-corrected chi connectivity index (χ3v) is 7.00. The lowest BCUT2D eigenvalue weighted by atomic mass is 9.88. The quantitative estimate of drug-likeness (QED) is 0.447. The minimum atomic E-state index is -1.56. The minimum Gasteiger partial charge on any atom is -0.598 e. The first-order chi connectivity index (χ1) is 14.9. The fraction of sp³-hybridized carbons (Fsp3) is 0.440. The average Bonchev–Trinajstić information content (AvgIpc) is 2.71. The molecule has 0 amide bonds. The normalized spacial score (nSPS) is 13.4. The monoisotopic (exact) mass is 458 g/mol. The molecule has 172 valence electrons. The van der Waals surface area contributed by atoms with Crippen LogP contribution in [0.25, 0.3) is 11.1 Å². The number of ether oxygens (including phenoxy) is 1. The van der Waals surface area contributed by atoms with Crippen molar-refractivity contribution in [1.29, 1.82) is 5.26 Å². The summed E-state index contributed by atoms with van der Waals surface area (Å²) < 4.78 is 35.7. The van der Waals surface area contributed by atoms with Gasteiger partial charge < -0.3 is 9.29 Å². The van der Waals surface area contributed by atoms with Crippen LogP contribution in [0.5, 0.6) is 0 Å². The largest absolute Gasteiger partial charge is 0.598 e. The second-order valence-electron chi connectivity index (χ2n) is 8.75. The van der Waals surface area contributed by atoms with Crippen LogP contribution in [0.2, 0.25) is 0 Å². The number of nitrogens with one attached hydrogen (secondary N) is 1.